The third kappa shape index (κ3) is 3.16. The SMILES string of the molecule is N#Cc1ccc(N2C(=O)C3CN4CC(C(=O)C(F)(F)C(F)(F)C(F)(F)F)[N+]3(C4)C2=O)cc1C(F)(F)F. The number of ketones is 1. The lowest BCUT2D eigenvalue weighted by molar-refractivity contribution is -0.853. The summed E-state index contributed by atoms with van der Waals surface area (Å²) >= 11 is 0. The quantitative estimate of drug-likeness (QED) is 0.337. The van der Waals surface area contributed by atoms with E-state index in [-0.39, 0.29) is 11.0 Å². The molecule has 2 bridgehead atoms. The van der Waals surface area contributed by atoms with Crippen molar-refractivity contribution in [1.82, 2.24) is 4.90 Å². The topological polar surface area (TPSA) is 81.5 Å². The predicted octanol–water partition coefficient (Wildman–Crippen LogP) is 3.29. The maximum atomic E-state index is 14.2. The number of fused-ring (bicyclic) bond motifs is 1. The van der Waals surface area contributed by atoms with Gasteiger partial charge in [-0.05, 0) is 18.2 Å². The van der Waals surface area contributed by atoms with Gasteiger partial charge in [-0.25, -0.2) is 14.2 Å². The second-order valence-corrected chi connectivity index (χ2v) is 8.45. The molecule has 3 aliphatic heterocycles. The lowest BCUT2D eigenvalue weighted by atomic mass is 9.96. The second kappa shape index (κ2) is 7.38. The summed E-state index contributed by atoms with van der Waals surface area (Å²) in [5, 5.41) is 8.90. The number of alkyl halides is 10. The fourth-order valence-electron chi connectivity index (χ4n) is 4.82. The summed E-state index contributed by atoms with van der Waals surface area (Å²) < 4.78 is 132. The Kier molecular flexibility index (Phi) is 5.30. The molecule has 0 radical (unpaired) electrons. The minimum absolute atomic E-state index is 0.129. The molecule has 0 aromatic heterocycles. The van der Waals surface area contributed by atoms with Gasteiger partial charge in [-0.15, -0.1) is 0 Å². The van der Waals surface area contributed by atoms with Gasteiger partial charge in [0.25, 0.3) is 11.7 Å². The minimum atomic E-state index is -6.83. The first-order valence-corrected chi connectivity index (χ1v) is 9.78. The summed E-state index contributed by atoms with van der Waals surface area (Å²) in [6.45, 7) is -1.96. The molecule has 1 aromatic carbocycles. The molecular formula is C19H11F10N4O3+. The highest BCUT2D eigenvalue weighted by Crippen LogP contribution is 2.51. The molecule has 3 aliphatic rings. The fraction of sp³-hybridized carbons (Fsp3) is 0.474. The van der Waals surface area contributed by atoms with Crippen molar-refractivity contribution in [1.29, 1.82) is 5.26 Å². The highest BCUT2D eigenvalue weighted by Gasteiger charge is 2.81. The molecule has 36 heavy (non-hydrogen) atoms. The molecule has 0 aliphatic carbocycles. The molecule has 4 atom stereocenters. The van der Waals surface area contributed by atoms with Crippen LogP contribution in [0.2, 0.25) is 0 Å². The Morgan fingerprint density at radius 1 is 1.00 bits per heavy atom. The molecule has 1 spiro atoms. The zero-order valence-corrected chi connectivity index (χ0v) is 17.3. The standard InChI is InChI=1S/C19H11F10N4O3/c20-16(21,18(25,26)19(27,28)29)13(34)11-5-31-6-12-14(35)32(15(36)33(11,12)7-31)9-2-1-8(4-30)10(3-9)17(22,23)24/h1-3,11-12H,5-7H2/q+1. The van der Waals surface area contributed by atoms with Crippen LogP contribution in [0.1, 0.15) is 11.1 Å². The molecule has 0 saturated carbocycles. The zero-order valence-electron chi connectivity index (χ0n) is 17.3. The van der Waals surface area contributed by atoms with E-state index in [1.54, 1.807) is 0 Å². The van der Waals surface area contributed by atoms with Crippen molar-refractivity contribution in [2.24, 2.45) is 0 Å². The van der Waals surface area contributed by atoms with Crippen molar-refractivity contribution in [3.63, 3.8) is 0 Å². The first-order valence-electron chi connectivity index (χ1n) is 9.78. The number of piperazine rings is 1. The third-order valence-electron chi connectivity index (χ3n) is 6.51. The maximum Gasteiger partial charge on any atom is 0.460 e. The van der Waals surface area contributed by atoms with E-state index in [2.05, 4.69) is 0 Å². The van der Waals surface area contributed by atoms with E-state index in [0.29, 0.717) is 6.07 Å². The Bertz CT molecular complexity index is 1220. The van der Waals surface area contributed by atoms with Gasteiger partial charge in [0.05, 0.1) is 36.0 Å². The Hall–Kier alpha value is -3.26. The van der Waals surface area contributed by atoms with Crippen molar-refractivity contribution < 1.29 is 62.8 Å². The van der Waals surface area contributed by atoms with Crippen molar-refractivity contribution in [2.45, 2.75) is 36.3 Å². The third-order valence-corrected chi connectivity index (χ3v) is 6.51. The number of carbonyl (C=O) groups excluding carboxylic acids is 3. The van der Waals surface area contributed by atoms with Crippen molar-refractivity contribution in [2.75, 3.05) is 24.7 Å². The lowest BCUT2D eigenvalue weighted by Crippen LogP contribution is -2.68. The summed E-state index contributed by atoms with van der Waals surface area (Å²) in [4.78, 5) is 39.8. The highest BCUT2D eigenvalue weighted by atomic mass is 19.4. The van der Waals surface area contributed by atoms with Crippen LogP contribution in [-0.2, 0) is 15.8 Å². The number of Topliss-reactive ketones (excluding diaryl/α,β-unsaturated/α-hetero) is 1. The van der Waals surface area contributed by atoms with Crippen LogP contribution in [0.5, 0.6) is 0 Å². The monoisotopic (exact) mass is 533 g/mol. The average Bonchev–Trinajstić information content (AvgIpc) is 3.39. The van der Waals surface area contributed by atoms with Crippen LogP contribution in [0.25, 0.3) is 0 Å². The smallest absolute Gasteiger partial charge is 0.286 e. The van der Waals surface area contributed by atoms with Gasteiger partial charge in [0.15, 0.2) is 12.1 Å². The van der Waals surface area contributed by atoms with E-state index in [9.17, 15) is 58.3 Å². The van der Waals surface area contributed by atoms with E-state index >= 15 is 0 Å². The summed E-state index contributed by atoms with van der Waals surface area (Å²) in [6, 6.07) is -2.90. The number of quaternary nitrogens is 1. The van der Waals surface area contributed by atoms with Gasteiger partial charge in [0.1, 0.15) is 6.67 Å². The summed E-state index contributed by atoms with van der Waals surface area (Å²) in [6.07, 6.45) is -11.9. The van der Waals surface area contributed by atoms with Crippen molar-refractivity contribution >= 4 is 23.4 Å². The lowest BCUT2D eigenvalue weighted by Gasteiger charge is -2.36. The molecule has 0 N–H and O–H groups in total. The molecule has 3 heterocycles. The molecule has 17 heteroatoms. The van der Waals surface area contributed by atoms with Crippen LogP contribution < -0.4 is 4.90 Å². The Morgan fingerprint density at radius 3 is 2.14 bits per heavy atom. The van der Waals surface area contributed by atoms with Crippen LogP contribution >= 0.6 is 0 Å². The Balaban J connectivity index is 1.78. The van der Waals surface area contributed by atoms with Gasteiger partial charge in [0.2, 0.25) is 0 Å². The molecule has 7 nitrogen and oxygen atoms in total. The van der Waals surface area contributed by atoms with E-state index in [0.717, 1.165) is 11.0 Å². The van der Waals surface area contributed by atoms with E-state index in [1.165, 1.54) is 6.07 Å². The number of amides is 3. The van der Waals surface area contributed by atoms with Gasteiger partial charge in [-0.3, -0.25) is 9.59 Å². The molecule has 194 valence electrons. The number of hydrogen-bond donors (Lipinski definition) is 0. The normalized spacial score (nSPS) is 28.5. The molecule has 4 rings (SSSR count). The molecule has 3 amide bonds. The number of benzene rings is 1. The largest absolute Gasteiger partial charge is 0.460 e. The maximum absolute atomic E-state index is 14.2. The van der Waals surface area contributed by atoms with Crippen molar-refractivity contribution in [3.05, 3.63) is 29.3 Å². The first kappa shape index (κ1) is 25.8. The van der Waals surface area contributed by atoms with Crippen LogP contribution in [0.3, 0.4) is 0 Å². The number of nitrogens with zero attached hydrogens (tertiary/aromatic N) is 4. The Labute approximate surface area is 193 Å². The van der Waals surface area contributed by atoms with E-state index < -0.39 is 95.1 Å². The fourth-order valence-corrected chi connectivity index (χ4v) is 4.82. The van der Waals surface area contributed by atoms with E-state index in [1.807, 2.05) is 0 Å². The number of imide groups is 1. The zero-order chi connectivity index (χ0) is 27.2. The predicted molar refractivity (Wildman–Crippen MR) is 94.3 cm³/mol. The van der Waals surface area contributed by atoms with Crippen LogP contribution in [-0.4, -0.2) is 77.0 Å². The van der Waals surface area contributed by atoms with Gasteiger partial charge >= 0.3 is 30.2 Å². The van der Waals surface area contributed by atoms with Gasteiger partial charge < -0.3 is 0 Å². The van der Waals surface area contributed by atoms with Gasteiger partial charge in [0, 0.05) is 0 Å². The number of halogens is 10. The molecule has 1 aromatic rings. The van der Waals surface area contributed by atoms with Crippen LogP contribution in [0.4, 0.5) is 54.4 Å². The summed E-state index contributed by atoms with van der Waals surface area (Å²) in [5.41, 5.74) is -3.19. The first-order chi connectivity index (χ1) is 16.3. The number of hydrogen-bond acceptors (Lipinski definition) is 5. The van der Waals surface area contributed by atoms with Gasteiger partial charge in [-0.2, -0.15) is 54.1 Å². The van der Waals surface area contributed by atoms with Crippen molar-refractivity contribution in [3.8, 4) is 6.07 Å². The summed E-state index contributed by atoms with van der Waals surface area (Å²) in [7, 11) is 0. The van der Waals surface area contributed by atoms with Crippen LogP contribution in [0.15, 0.2) is 18.2 Å². The second-order valence-electron chi connectivity index (χ2n) is 8.45. The highest BCUT2D eigenvalue weighted by molar-refractivity contribution is 6.19. The average molecular weight is 533 g/mol. The number of anilines is 1. The number of rotatable bonds is 4. The molecule has 4 unspecified atom stereocenters. The number of carbonyl (C=O) groups is 3. The van der Waals surface area contributed by atoms with Crippen LogP contribution in [0, 0.1) is 11.3 Å². The number of urea groups is 1. The number of nitriles is 1. The van der Waals surface area contributed by atoms with Gasteiger partial charge in [-0.1, -0.05) is 0 Å². The molecule has 3 saturated heterocycles. The molecular weight excluding hydrogens is 522 g/mol. The summed E-state index contributed by atoms with van der Waals surface area (Å²) in [5.74, 6) is -17.3. The Morgan fingerprint density at radius 2 is 1.61 bits per heavy atom. The van der Waals surface area contributed by atoms with E-state index in [4.69, 9.17) is 5.26 Å². The minimum Gasteiger partial charge on any atom is -0.286 e. The molecule has 3 fully saturated rings.